The molecule has 16 heavy (non-hydrogen) atoms. The normalized spacial score (nSPS) is 13.5. The highest BCUT2D eigenvalue weighted by molar-refractivity contribution is 7.97. The van der Waals surface area contributed by atoms with Crippen LogP contribution in [0, 0.1) is 0 Å². The first-order chi connectivity index (χ1) is 7.92. The second-order valence-corrected chi connectivity index (χ2v) is 4.42. The zero-order chi connectivity index (χ0) is 10.8. The molecule has 80 valence electrons. The number of rotatable bonds is 2. The third-order valence-corrected chi connectivity index (χ3v) is 3.25. The van der Waals surface area contributed by atoms with E-state index in [2.05, 4.69) is 21.8 Å². The van der Waals surface area contributed by atoms with Crippen LogP contribution in [0.15, 0.2) is 47.6 Å². The Kier molecular flexibility index (Phi) is 2.52. The van der Waals surface area contributed by atoms with Gasteiger partial charge in [-0.1, -0.05) is 0 Å². The molecule has 0 atom stereocenters. The van der Waals surface area contributed by atoms with Crippen LogP contribution in [0.1, 0.15) is 5.56 Å². The minimum Gasteiger partial charge on any atom is -0.456 e. The van der Waals surface area contributed by atoms with Gasteiger partial charge in [0.1, 0.15) is 11.5 Å². The second kappa shape index (κ2) is 4.15. The average Bonchev–Trinajstić information content (AvgIpc) is 2.77. The molecule has 0 saturated carbocycles. The number of ether oxygens (including phenoxy) is 1. The highest BCUT2D eigenvalue weighted by atomic mass is 32.2. The molecular formula is C12H10N2OS. The summed E-state index contributed by atoms with van der Waals surface area (Å²) < 4.78 is 8.93. The van der Waals surface area contributed by atoms with Crippen LogP contribution < -0.4 is 9.46 Å². The van der Waals surface area contributed by atoms with Crippen LogP contribution in [0.5, 0.6) is 11.5 Å². The molecule has 0 bridgehead atoms. The Morgan fingerprint density at radius 1 is 1.25 bits per heavy atom. The summed E-state index contributed by atoms with van der Waals surface area (Å²) in [5.74, 6) is 1.62. The molecule has 1 N–H and O–H groups in total. The van der Waals surface area contributed by atoms with E-state index in [1.807, 2.05) is 18.2 Å². The van der Waals surface area contributed by atoms with Crippen LogP contribution in [0.25, 0.3) is 0 Å². The first-order valence-electron chi connectivity index (χ1n) is 5.02. The molecule has 3 nitrogen and oxygen atoms in total. The van der Waals surface area contributed by atoms with Gasteiger partial charge < -0.3 is 4.74 Å². The lowest BCUT2D eigenvalue weighted by Gasteiger charge is -2.06. The minimum atomic E-state index is 0.765. The highest BCUT2D eigenvalue weighted by Crippen LogP contribution is 2.31. The monoisotopic (exact) mass is 230 g/mol. The van der Waals surface area contributed by atoms with E-state index in [4.69, 9.17) is 4.74 Å². The van der Waals surface area contributed by atoms with Gasteiger partial charge >= 0.3 is 0 Å². The van der Waals surface area contributed by atoms with E-state index in [9.17, 15) is 0 Å². The van der Waals surface area contributed by atoms with Gasteiger partial charge in [-0.2, -0.15) is 0 Å². The summed E-state index contributed by atoms with van der Waals surface area (Å²) >= 11 is 1.66. The van der Waals surface area contributed by atoms with Crippen LogP contribution in [0.4, 0.5) is 0 Å². The van der Waals surface area contributed by atoms with Crippen LogP contribution in [0.2, 0.25) is 0 Å². The van der Waals surface area contributed by atoms with Crippen molar-refractivity contribution in [3.63, 3.8) is 0 Å². The fourth-order valence-corrected chi connectivity index (χ4v) is 2.37. The lowest BCUT2D eigenvalue weighted by Crippen LogP contribution is -1.92. The lowest BCUT2D eigenvalue weighted by molar-refractivity contribution is 0.479. The number of pyridine rings is 1. The summed E-state index contributed by atoms with van der Waals surface area (Å²) in [7, 11) is 0. The van der Waals surface area contributed by atoms with Crippen molar-refractivity contribution in [3.8, 4) is 11.5 Å². The Morgan fingerprint density at radius 3 is 3.12 bits per heavy atom. The number of benzene rings is 1. The topological polar surface area (TPSA) is 34.1 Å². The third kappa shape index (κ3) is 1.89. The number of nitrogens with zero attached hydrogens (tertiary/aromatic N) is 1. The van der Waals surface area contributed by atoms with E-state index >= 15 is 0 Å². The van der Waals surface area contributed by atoms with E-state index in [0.29, 0.717) is 0 Å². The van der Waals surface area contributed by atoms with Crippen LogP contribution in [-0.4, -0.2) is 4.98 Å². The van der Waals surface area contributed by atoms with Gasteiger partial charge in [0.15, 0.2) is 0 Å². The predicted octanol–water partition coefficient (Wildman–Crippen LogP) is 2.98. The van der Waals surface area contributed by atoms with Gasteiger partial charge in [0.05, 0.1) is 6.20 Å². The van der Waals surface area contributed by atoms with E-state index in [1.165, 1.54) is 10.5 Å². The maximum atomic E-state index is 5.70. The number of hydrogen-bond acceptors (Lipinski definition) is 4. The largest absolute Gasteiger partial charge is 0.456 e. The van der Waals surface area contributed by atoms with Crippen LogP contribution in [0.3, 0.4) is 0 Å². The summed E-state index contributed by atoms with van der Waals surface area (Å²) in [6, 6.07) is 9.88. The molecule has 1 aliphatic heterocycles. The molecule has 0 fully saturated rings. The number of fused-ring (bicyclic) bond motifs is 1. The van der Waals surface area contributed by atoms with Gasteiger partial charge in [-0.25, -0.2) is 0 Å². The molecule has 2 aromatic rings. The molecule has 0 aliphatic carbocycles. The molecule has 4 heteroatoms. The molecule has 0 radical (unpaired) electrons. The van der Waals surface area contributed by atoms with Crippen molar-refractivity contribution in [3.05, 3.63) is 48.3 Å². The molecule has 1 aromatic carbocycles. The maximum absolute atomic E-state index is 5.70. The van der Waals surface area contributed by atoms with Crippen molar-refractivity contribution in [2.24, 2.45) is 0 Å². The van der Waals surface area contributed by atoms with Gasteiger partial charge in [0.25, 0.3) is 0 Å². The van der Waals surface area contributed by atoms with Crippen molar-refractivity contribution in [1.29, 1.82) is 0 Å². The zero-order valence-electron chi connectivity index (χ0n) is 8.51. The molecular weight excluding hydrogens is 220 g/mol. The van der Waals surface area contributed by atoms with Gasteiger partial charge in [-0.05, 0) is 47.8 Å². The number of nitrogens with one attached hydrogen (secondary N) is 1. The van der Waals surface area contributed by atoms with Crippen molar-refractivity contribution >= 4 is 11.9 Å². The van der Waals surface area contributed by atoms with E-state index < -0.39 is 0 Å². The summed E-state index contributed by atoms with van der Waals surface area (Å²) in [4.78, 5) is 5.29. The zero-order valence-corrected chi connectivity index (χ0v) is 9.33. The molecule has 0 unspecified atom stereocenters. The second-order valence-electron chi connectivity index (χ2n) is 3.48. The summed E-state index contributed by atoms with van der Waals surface area (Å²) in [5, 5.41) is 0. The number of hydrogen-bond donors (Lipinski definition) is 1. The molecule has 0 spiro atoms. The fourth-order valence-electron chi connectivity index (χ4n) is 1.59. The maximum Gasteiger partial charge on any atom is 0.145 e. The van der Waals surface area contributed by atoms with Gasteiger partial charge in [0.2, 0.25) is 0 Å². The van der Waals surface area contributed by atoms with E-state index in [0.717, 1.165) is 18.0 Å². The summed E-state index contributed by atoms with van der Waals surface area (Å²) in [6.45, 7) is 0.893. The Balaban J connectivity index is 1.86. The molecule has 0 amide bonds. The molecule has 3 rings (SSSR count). The Morgan fingerprint density at radius 2 is 2.25 bits per heavy atom. The summed E-state index contributed by atoms with van der Waals surface area (Å²) in [6.07, 6.45) is 3.44. The Bertz CT molecular complexity index is 502. The van der Waals surface area contributed by atoms with Gasteiger partial charge in [-0.3, -0.25) is 9.71 Å². The lowest BCUT2D eigenvalue weighted by atomic mass is 10.2. The fraction of sp³-hybridized carbons (Fsp3) is 0.0833. The van der Waals surface area contributed by atoms with Crippen molar-refractivity contribution in [2.45, 2.75) is 11.4 Å². The third-order valence-electron chi connectivity index (χ3n) is 2.35. The van der Waals surface area contributed by atoms with E-state index in [-0.39, 0.29) is 0 Å². The Labute approximate surface area is 98.0 Å². The Hall–Kier alpha value is -1.52. The predicted molar refractivity (Wildman–Crippen MR) is 63.4 cm³/mol. The van der Waals surface area contributed by atoms with Crippen molar-refractivity contribution in [2.75, 3.05) is 0 Å². The summed E-state index contributed by atoms with van der Waals surface area (Å²) in [5.41, 5.74) is 1.28. The van der Waals surface area contributed by atoms with Crippen LogP contribution >= 0.6 is 11.9 Å². The van der Waals surface area contributed by atoms with Gasteiger partial charge in [0, 0.05) is 17.6 Å². The molecule has 0 saturated heterocycles. The first-order valence-corrected chi connectivity index (χ1v) is 5.84. The quantitative estimate of drug-likeness (QED) is 0.804. The average molecular weight is 230 g/mol. The highest BCUT2D eigenvalue weighted by Gasteiger charge is 2.11. The SMILES string of the molecule is c1cncc(Oc2ccc3c(c2)CNS3)c1. The molecule has 1 aromatic heterocycles. The molecule has 1 aliphatic rings. The standard InChI is InChI=1S/C12H10N2OS/c1-2-11(8-13-5-1)15-10-3-4-12-9(6-10)7-14-16-12/h1-6,8,14H,7H2. The first kappa shape index (κ1) is 9.69. The minimum absolute atomic E-state index is 0.765. The molecule has 2 heterocycles. The van der Waals surface area contributed by atoms with Gasteiger partial charge in [-0.15, -0.1) is 0 Å². The van der Waals surface area contributed by atoms with Crippen molar-refractivity contribution in [1.82, 2.24) is 9.71 Å². The van der Waals surface area contributed by atoms with Crippen molar-refractivity contribution < 1.29 is 4.74 Å². The van der Waals surface area contributed by atoms with Crippen LogP contribution in [-0.2, 0) is 6.54 Å². The number of aromatic nitrogens is 1. The van der Waals surface area contributed by atoms with E-state index in [1.54, 1.807) is 24.3 Å². The smallest absolute Gasteiger partial charge is 0.145 e.